The molecular formula is C27H33N5O3. The second-order valence-electron chi connectivity index (χ2n) is 9.91. The number of hydrazine groups is 1. The predicted octanol–water partition coefficient (Wildman–Crippen LogP) is 1.85. The van der Waals surface area contributed by atoms with Crippen LogP contribution in [0.3, 0.4) is 0 Å². The van der Waals surface area contributed by atoms with Crippen molar-refractivity contribution in [3.8, 4) is 0 Å². The third-order valence-corrected chi connectivity index (χ3v) is 7.51. The highest BCUT2D eigenvalue weighted by molar-refractivity contribution is 5.98. The van der Waals surface area contributed by atoms with E-state index in [1.807, 2.05) is 70.5 Å². The molecule has 8 heteroatoms. The molecule has 8 nitrogen and oxygen atoms in total. The summed E-state index contributed by atoms with van der Waals surface area (Å²) < 4.78 is 0. The number of amides is 3. The summed E-state index contributed by atoms with van der Waals surface area (Å²) in [5, 5.41) is 1.62. The highest BCUT2D eigenvalue weighted by atomic mass is 16.2. The first kappa shape index (κ1) is 23.5. The molecule has 0 radical (unpaired) electrons. The minimum Gasteiger partial charge on any atom is -0.339 e. The van der Waals surface area contributed by atoms with Crippen molar-refractivity contribution in [1.82, 2.24) is 20.1 Å². The van der Waals surface area contributed by atoms with Crippen molar-refractivity contribution in [2.75, 3.05) is 44.3 Å². The number of para-hydroxylation sites is 1. The van der Waals surface area contributed by atoms with Gasteiger partial charge in [-0.3, -0.25) is 19.3 Å². The van der Waals surface area contributed by atoms with Crippen LogP contribution in [0.5, 0.6) is 0 Å². The summed E-state index contributed by atoms with van der Waals surface area (Å²) in [6.07, 6.45) is 0. The third-order valence-electron chi connectivity index (χ3n) is 7.51. The molecule has 1 N–H and O–H groups in total. The minimum absolute atomic E-state index is 0.00275. The van der Waals surface area contributed by atoms with E-state index >= 15 is 0 Å². The van der Waals surface area contributed by atoms with Crippen molar-refractivity contribution in [3.05, 3.63) is 66.2 Å². The Balaban J connectivity index is 1.30. The summed E-state index contributed by atoms with van der Waals surface area (Å²) in [6.45, 7) is 7.50. The van der Waals surface area contributed by atoms with Crippen molar-refractivity contribution in [3.63, 3.8) is 0 Å². The van der Waals surface area contributed by atoms with Gasteiger partial charge in [-0.05, 0) is 38.1 Å². The fraction of sp³-hybridized carbons (Fsp3) is 0.444. The largest absolute Gasteiger partial charge is 0.339 e. The van der Waals surface area contributed by atoms with Crippen LogP contribution in [0.25, 0.3) is 0 Å². The maximum Gasteiger partial charge on any atom is 0.253 e. The van der Waals surface area contributed by atoms with E-state index < -0.39 is 0 Å². The second-order valence-corrected chi connectivity index (χ2v) is 9.91. The van der Waals surface area contributed by atoms with Crippen LogP contribution in [-0.4, -0.2) is 83.8 Å². The molecule has 0 spiro atoms. The number of nitrogens with one attached hydrogen (secondary N) is 1. The Kier molecular flexibility index (Phi) is 6.58. The molecule has 3 amide bonds. The SMILES string of the molecule is CC(C)N1CC(C(=O)N2CCN(C(=O)c3ccccc3)CC2)C2NN(c3ccccc3)C(=O)C2C1. The molecule has 0 saturated carbocycles. The van der Waals surface area contributed by atoms with Gasteiger partial charge in [0.05, 0.1) is 23.6 Å². The summed E-state index contributed by atoms with van der Waals surface area (Å²) in [5.74, 6) is -0.524. The number of hydrogen-bond acceptors (Lipinski definition) is 5. The van der Waals surface area contributed by atoms with Crippen LogP contribution in [-0.2, 0) is 9.59 Å². The Morgan fingerprint density at radius 1 is 0.857 bits per heavy atom. The van der Waals surface area contributed by atoms with E-state index in [9.17, 15) is 14.4 Å². The lowest BCUT2D eigenvalue weighted by Gasteiger charge is -2.43. The third kappa shape index (κ3) is 4.56. The number of rotatable bonds is 4. The van der Waals surface area contributed by atoms with Crippen LogP contribution in [0.2, 0.25) is 0 Å². The zero-order valence-corrected chi connectivity index (χ0v) is 20.3. The van der Waals surface area contributed by atoms with Gasteiger partial charge in [0.15, 0.2) is 0 Å². The first-order valence-corrected chi connectivity index (χ1v) is 12.5. The van der Waals surface area contributed by atoms with E-state index in [-0.39, 0.29) is 41.6 Å². The molecule has 3 fully saturated rings. The van der Waals surface area contributed by atoms with Gasteiger partial charge in [0.25, 0.3) is 5.91 Å². The summed E-state index contributed by atoms with van der Waals surface area (Å²) in [6, 6.07) is 18.8. The second kappa shape index (κ2) is 9.79. The van der Waals surface area contributed by atoms with Crippen molar-refractivity contribution in [2.24, 2.45) is 11.8 Å². The molecule has 184 valence electrons. The topological polar surface area (TPSA) is 76.2 Å². The summed E-state index contributed by atoms with van der Waals surface area (Å²) in [5.41, 5.74) is 4.85. The molecule has 35 heavy (non-hydrogen) atoms. The molecule has 0 aromatic heterocycles. The van der Waals surface area contributed by atoms with Crippen LogP contribution in [0.1, 0.15) is 24.2 Å². The first-order valence-electron chi connectivity index (χ1n) is 12.5. The number of likely N-dealkylation sites (tertiary alicyclic amines) is 1. The molecule has 3 aliphatic heterocycles. The number of fused-ring (bicyclic) bond motifs is 1. The summed E-state index contributed by atoms with van der Waals surface area (Å²) in [4.78, 5) is 45.9. The van der Waals surface area contributed by atoms with Gasteiger partial charge in [0.2, 0.25) is 11.8 Å². The number of anilines is 1. The number of carbonyl (C=O) groups is 3. The van der Waals surface area contributed by atoms with E-state index in [1.54, 1.807) is 5.01 Å². The number of benzene rings is 2. The molecule has 3 atom stereocenters. The van der Waals surface area contributed by atoms with Crippen molar-refractivity contribution in [2.45, 2.75) is 25.9 Å². The number of piperidine rings is 1. The summed E-state index contributed by atoms with van der Waals surface area (Å²) in [7, 11) is 0. The van der Waals surface area contributed by atoms with Crippen LogP contribution >= 0.6 is 0 Å². The number of hydrogen-bond donors (Lipinski definition) is 1. The maximum absolute atomic E-state index is 13.8. The molecule has 2 aromatic rings. The zero-order chi connectivity index (χ0) is 24.5. The van der Waals surface area contributed by atoms with Crippen LogP contribution in [0.15, 0.2) is 60.7 Å². The number of carbonyl (C=O) groups excluding carboxylic acids is 3. The molecule has 0 aliphatic carbocycles. The van der Waals surface area contributed by atoms with Crippen molar-refractivity contribution < 1.29 is 14.4 Å². The predicted molar refractivity (Wildman–Crippen MR) is 133 cm³/mol. The number of piperazine rings is 1. The van der Waals surface area contributed by atoms with E-state index in [4.69, 9.17) is 0 Å². The van der Waals surface area contributed by atoms with Crippen LogP contribution < -0.4 is 10.4 Å². The van der Waals surface area contributed by atoms with Gasteiger partial charge < -0.3 is 9.80 Å². The van der Waals surface area contributed by atoms with Crippen molar-refractivity contribution in [1.29, 1.82) is 0 Å². The fourth-order valence-corrected chi connectivity index (χ4v) is 5.44. The molecular weight excluding hydrogens is 442 g/mol. The molecule has 0 bridgehead atoms. The Bertz CT molecular complexity index is 1070. The Hall–Kier alpha value is -3.23. The molecule has 3 unspecified atom stereocenters. The Morgan fingerprint density at radius 3 is 2.09 bits per heavy atom. The molecule has 5 rings (SSSR count). The van der Waals surface area contributed by atoms with E-state index in [1.165, 1.54) is 0 Å². The minimum atomic E-state index is -0.329. The summed E-state index contributed by atoms with van der Waals surface area (Å²) >= 11 is 0. The highest BCUT2D eigenvalue weighted by Crippen LogP contribution is 2.33. The Morgan fingerprint density at radius 2 is 1.46 bits per heavy atom. The van der Waals surface area contributed by atoms with Gasteiger partial charge >= 0.3 is 0 Å². The van der Waals surface area contributed by atoms with Crippen molar-refractivity contribution >= 4 is 23.4 Å². The van der Waals surface area contributed by atoms with Gasteiger partial charge in [-0.1, -0.05) is 36.4 Å². The first-order chi connectivity index (χ1) is 16.9. The van der Waals surface area contributed by atoms with Gasteiger partial charge in [-0.25, -0.2) is 10.4 Å². The van der Waals surface area contributed by atoms with E-state index in [0.717, 1.165) is 5.69 Å². The van der Waals surface area contributed by atoms with Crippen LogP contribution in [0.4, 0.5) is 5.69 Å². The monoisotopic (exact) mass is 475 g/mol. The van der Waals surface area contributed by atoms with Gasteiger partial charge in [0, 0.05) is 50.9 Å². The quantitative estimate of drug-likeness (QED) is 0.731. The maximum atomic E-state index is 13.8. The van der Waals surface area contributed by atoms with Gasteiger partial charge in [0.1, 0.15) is 0 Å². The molecule has 3 heterocycles. The normalized spacial score (nSPS) is 25.2. The highest BCUT2D eigenvalue weighted by Gasteiger charge is 2.52. The van der Waals surface area contributed by atoms with Gasteiger partial charge in [-0.15, -0.1) is 0 Å². The van der Waals surface area contributed by atoms with E-state index in [2.05, 4.69) is 24.2 Å². The lowest BCUT2D eigenvalue weighted by molar-refractivity contribution is -0.141. The lowest BCUT2D eigenvalue weighted by Crippen LogP contribution is -2.60. The lowest BCUT2D eigenvalue weighted by atomic mass is 9.83. The standard InChI is InChI=1S/C27H33N5O3/c1-19(2)31-17-22(24-23(18-31)27(35)32(28-24)21-11-7-4-8-12-21)26(34)30-15-13-29(14-16-30)25(33)20-9-5-3-6-10-20/h3-12,19,22-24,28H,13-18H2,1-2H3. The average molecular weight is 476 g/mol. The fourth-order valence-electron chi connectivity index (χ4n) is 5.44. The van der Waals surface area contributed by atoms with Crippen LogP contribution in [0, 0.1) is 11.8 Å². The number of nitrogens with zero attached hydrogens (tertiary/aromatic N) is 4. The molecule has 2 aromatic carbocycles. The zero-order valence-electron chi connectivity index (χ0n) is 20.3. The smallest absolute Gasteiger partial charge is 0.253 e. The van der Waals surface area contributed by atoms with Gasteiger partial charge in [-0.2, -0.15) is 0 Å². The Labute approximate surface area is 206 Å². The molecule has 3 saturated heterocycles. The molecule has 3 aliphatic rings. The van der Waals surface area contributed by atoms with E-state index in [0.29, 0.717) is 44.8 Å². The average Bonchev–Trinajstić information content (AvgIpc) is 3.24.